The third-order valence-electron chi connectivity index (χ3n) is 9.51. The molecule has 1 amide bonds. The second-order valence-corrected chi connectivity index (χ2v) is 10.6. The Hall–Kier alpha value is -1.58. The summed E-state index contributed by atoms with van der Waals surface area (Å²) in [6.45, 7) is 9.76. The molecule has 6 atom stereocenters. The van der Waals surface area contributed by atoms with Gasteiger partial charge >= 0.3 is 6.09 Å². The number of hydrogen-bond acceptors (Lipinski definition) is 3. The second kappa shape index (κ2) is 7.84. The average molecular weight is 414 g/mol. The summed E-state index contributed by atoms with van der Waals surface area (Å²) in [5.41, 5.74) is 1.05. The van der Waals surface area contributed by atoms with Gasteiger partial charge in [0, 0.05) is 17.4 Å². The third-order valence-corrected chi connectivity index (χ3v) is 9.51. The molecule has 4 nitrogen and oxygen atoms in total. The van der Waals surface area contributed by atoms with Crippen LogP contribution in [0.25, 0.3) is 0 Å². The zero-order valence-electron chi connectivity index (χ0n) is 19.3. The molecule has 0 aliphatic heterocycles. The van der Waals surface area contributed by atoms with Gasteiger partial charge in [-0.1, -0.05) is 45.8 Å². The minimum Gasteiger partial charge on any atom is -0.442 e. The number of carbonyl (C=O) groups excluding carboxylic acids is 2. The van der Waals surface area contributed by atoms with Crippen molar-refractivity contribution in [1.29, 1.82) is 0 Å². The SMILES string of the molecule is CCCCNC(=O)O[C@@]1(CC)CCC2C3CCC4=CC(=O)C=C[C@]4(C)C3CC[C@@]21C. The van der Waals surface area contributed by atoms with E-state index in [2.05, 4.69) is 39.1 Å². The number of ketones is 1. The zero-order chi connectivity index (χ0) is 21.6. The van der Waals surface area contributed by atoms with Gasteiger partial charge in [-0.15, -0.1) is 0 Å². The van der Waals surface area contributed by atoms with Crippen molar-refractivity contribution in [3.8, 4) is 0 Å². The van der Waals surface area contributed by atoms with Crippen LogP contribution in [0.2, 0.25) is 0 Å². The number of carbonyl (C=O) groups is 2. The predicted molar refractivity (Wildman–Crippen MR) is 119 cm³/mol. The van der Waals surface area contributed by atoms with E-state index >= 15 is 0 Å². The fourth-order valence-electron chi connectivity index (χ4n) is 7.69. The van der Waals surface area contributed by atoms with Crippen LogP contribution in [-0.4, -0.2) is 24.0 Å². The molecule has 30 heavy (non-hydrogen) atoms. The summed E-state index contributed by atoms with van der Waals surface area (Å²) in [6.07, 6.45) is 15.1. The van der Waals surface area contributed by atoms with E-state index in [4.69, 9.17) is 4.74 Å². The van der Waals surface area contributed by atoms with Crippen LogP contribution in [0.15, 0.2) is 23.8 Å². The van der Waals surface area contributed by atoms with Crippen molar-refractivity contribution in [1.82, 2.24) is 5.32 Å². The number of alkyl carbamates (subject to hydrolysis) is 1. The summed E-state index contributed by atoms with van der Waals surface area (Å²) >= 11 is 0. The topological polar surface area (TPSA) is 55.4 Å². The maximum absolute atomic E-state index is 12.6. The van der Waals surface area contributed by atoms with Gasteiger partial charge < -0.3 is 10.1 Å². The Bertz CT molecular complexity index is 770. The second-order valence-electron chi connectivity index (χ2n) is 10.6. The summed E-state index contributed by atoms with van der Waals surface area (Å²) in [7, 11) is 0. The van der Waals surface area contributed by atoms with E-state index in [1.807, 2.05) is 6.08 Å². The Morgan fingerprint density at radius 3 is 2.67 bits per heavy atom. The molecule has 3 saturated carbocycles. The number of nitrogens with one attached hydrogen (secondary N) is 1. The first kappa shape index (κ1) is 21.6. The fraction of sp³-hybridized carbons (Fsp3) is 0.769. The molecule has 0 spiro atoms. The smallest absolute Gasteiger partial charge is 0.407 e. The average Bonchev–Trinajstić information content (AvgIpc) is 3.01. The van der Waals surface area contributed by atoms with Crippen molar-refractivity contribution in [3.63, 3.8) is 0 Å². The minimum absolute atomic E-state index is 0.0218. The van der Waals surface area contributed by atoms with E-state index in [-0.39, 0.29) is 28.3 Å². The first-order chi connectivity index (χ1) is 14.3. The predicted octanol–water partition coefficient (Wildman–Crippen LogP) is 5.97. The lowest BCUT2D eigenvalue weighted by Crippen LogP contribution is -2.56. The lowest BCUT2D eigenvalue weighted by molar-refractivity contribution is -0.126. The highest BCUT2D eigenvalue weighted by Gasteiger charge is 2.65. The zero-order valence-corrected chi connectivity index (χ0v) is 19.3. The van der Waals surface area contributed by atoms with Crippen LogP contribution in [0.1, 0.15) is 85.5 Å². The largest absolute Gasteiger partial charge is 0.442 e. The van der Waals surface area contributed by atoms with Crippen molar-refractivity contribution in [2.75, 3.05) is 6.54 Å². The highest BCUT2D eigenvalue weighted by atomic mass is 16.6. The molecule has 0 radical (unpaired) electrons. The van der Waals surface area contributed by atoms with Gasteiger partial charge in [-0.05, 0) is 81.3 Å². The van der Waals surface area contributed by atoms with Crippen LogP contribution in [0.3, 0.4) is 0 Å². The monoisotopic (exact) mass is 413 g/mol. The van der Waals surface area contributed by atoms with Crippen molar-refractivity contribution >= 4 is 11.9 Å². The van der Waals surface area contributed by atoms with Gasteiger partial charge in [-0.2, -0.15) is 0 Å². The van der Waals surface area contributed by atoms with Gasteiger partial charge in [0.2, 0.25) is 0 Å². The molecule has 0 bridgehead atoms. The molecule has 0 aromatic carbocycles. The molecule has 0 saturated heterocycles. The maximum Gasteiger partial charge on any atom is 0.407 e. The van der Waals surface area contributed by atoms with E-state index in [0.29, 0.717) is 24.3 Å². The van der Waals surface area contributed by atoms with Crippen molar-refractivity contribution in [2.24, 2.45) is 28.6 Å². The Morgan fingerprint density at radius 2 is 1.93 bits per heavy atom. The molecule has 1 N–H and O–H groups in total. The standard InChI is InChI=1S/C26H39NO3/c1-5-7-16-27-23(29)30-26(6-2)15-12-22-20-9-8-18-17-19(28)10-13-24(18,3)21(20)11-14-25(22,26)4/h10,13,17,20-22H,5-9,11-12,14-16H2,1-4H3,(H,27,29)/t20?,21?,22?,24-,25-,26-/m0/s1. The number of allylic oxidation sites excluding steroid dienone is 4. The number of amides is 1. The van der Waals surface area contributed by atoms with Gasteiger partial charge in [0.15, 0.2) is 5.78 Å². The van der Waals surface area contributed by atoms with Crippen molar-refractivity contribution in [3.05, 3.63) is 23.8 Å². The minimum atomic E-state index is -0.353. The number of unbranched alkanes of at least 4 members (excludes halogenated alkanes) is 1. The maximum atomic E-state index is 12.6. The van der Waals surface area contributed by atoms with Crippen LogP contribution in [0, 0.1) is 28.6 Å². The van der Waals surface area contributed by atoms with Gasteiger partial charge in [-0.3, -0.25) is 4.79 Å². The van der Waals surface area contributed by atoms with Crippen LogP contribution in [0.5, 0.6) is 0 Å². The third kappa shape index (κ3) is 3.17. The summed E-state index contributed by atoms with van der Waals surface area (Å²) < 4.78 is 6.27. The summed E-state index contributed by atoms with van der Waals surface area (Å²) in [6, 6.07) is 0. The first-order valence-electron chi connectivity index (χ1n) is 12.2. The fourth-order valence-corrected chi connectivity index (χ4v) is 7.69. The van der Waals surface area contributed by atoms with E-state index in [9.17, 15) is 9.59 Å². The highest BCUT2D eigenvalue weighted by molar-refractivity contribution is 6.01. The number of fused-ring (bicyclic) bond motifs is 5. The Labute approximate surface area is 181 Å². The molecule has 0 aromatic rings. The van der Waals surface area contributed by atoms with Crippen LogP contribution in [-0.2, 0) is 9.53 Å². The molecule has 0 heterocycles. The molecule has 4 aliphatic rings. The van der Waals surface area contributed by atoms with Crippen LogP contribution < -0.4 is 5.32 Å². The molecule has 3 unspecified atom stereocenters. The summed E-state index contributed by atoms with van der Waals surface area (Å²) in [5.74, 6) is 1.97. The molecule has 0 aromatic heterocycles. The quantitative estimate of drug-likeness (QED) is 0.565. The number of ether oxygens (including phenoxy) is 1. The van der Waals surface area contributed by atoms with Crippen LogP contribution in [0.4, 0.5) is 4.79 Å². The normalized spacial score (nSPS) is 42.1. The molecule has 3 fully saturated rings. The van der Waals surface area contributed by atoms with Gasteiger partial charge in [-0.25, -0.2) is 4.79 Å². The molecule has 4 aliphatic carbocycles. The van der Waals surface area contributed by atoms with E-state index in [0.717, 1.165) is 57.8 Å². The van der Waals surface area contributed by atoms with E-state index in [1.165, 1.54) is 5.57 Å². The Morgan fingerprint density at radius 1 is 1.17 bits per heavy atom. The highest BCUT2D eigenvalue weighted by Crippen LogP contribution is 2.68. The summed E-state index contributed by atoms with van der Waals surface area (Å²) in [5, 5.41) is 2.98. The summed E-state index contributed by atoms with van der Waals surface area (Å²) in [4.78, 5) is 24.6. The van der Waals surface area contributed by atoms with Crippen molar-refractivity contribution in [2.45, 2.75) is 91.1 Å². The van der Waals surface area contributed by atoms with E-state index in [1.54, 1.807) is 6.08 Å². The first-order valence-corrected chi connectivity index (χ1v) is 12.2. The molecule has 166 valence electrons. The van der Waals surface area contributed by atoms with Gasteiger partial charge in [0.1, 0.15) is 5.60 Å². The molecular formula is C26H39NO3. The van der Waals surface area contributed by atoms with Crippen LogP contribution >= 0.6 is 0 Å². The molecule has 4 heteroatoms. The van der Waals surface area contributed by atoms with Gasteiger partial charge in [0.25, 0.3) is 0 Å². The lowest BCUT2D eigenvalue weighted by atomic mass is 9.47. The van der Waals surface area contributed by atoms with Crippen molar-refractivity contribution < 1.29 is 14.3 Å². The Kier molecular flexibility index (Phi) is 5.65. The van der Waals surface area contributed by atoms with E-state index < -0.39 is 0 Å². The number of rotatable bonds is 5. The Balaban J connectivity index is 1.56. The van der Waals surface area contributed by atoms with Gasteiger partial charge in [0.05, 0.1) is 0 Å². The number of hydrogen-bond donors (Lipinski definition) is 1. The molecule has 4 rings (SSSR count). The molecular weight excluding hydrogens is 374 g/mol. The lowest BCUT2D eigenvalue weighted by Gasteiger charge is -2.58.